The summed E-state index contributed by atoms with van der Waals surface area (Å²) in [6.07, 6.45) is 0. The average molecular weight is 399 g/mol. The van der Waals surface area contributed by atoms with Crippen LogP contribution in [0, 0.1) is 11.3 Å². The highest BCUT2D eigenvalue weighted by Gasteiger charge is 2.23. The first-order valence-electron chi connectivity index (χ1n) is 9.24. The Labute approximate surface area is 172 Å². The lowest BCUT2D eigenvalue weighted by molar-refractivity contribution is 0.407. The smallest absolute Gasteiger partial charge is 0.280 e. The fourth-order valence-electron chi connectivity index (χ4n) is 3.16. The first-order chi connectivity index (χ1) is 14.7. The summed E-state index contributed by atoms with van der Waals surface area (Å²) in [5, 5.41) is 7.71. The molecule has 0 atom stereocenters. The number of para-hydroxylation sites is 1. The highest BCUT2D eigenvalue weighted by atomic mass is 19.1. The van der Waals surface area contributed by atoms with Gasteiger partial charge in [-0.2, -0.15) is 10.1 Å². The molecule has 0 aliphatic rings. The lowest BCUT2D eigenvalue weighted by atomic mass is 10.1. The van der Waals surface area contributed by atoms with Crippen LogP contribution < -0.4 is 4.90 Å². The predicted octanol–water partition coefficient (Wildman–Crippen LogP) is 5.87. The maximum Gasteiger partial charge on any atom is 0.280 e. The second kappa shape index (κ2) is 8.48. The normalized spacial score (nSPS) is 11.7. The fourth-order valence-corrected chi connectivity index (χ4v) is 3.16. The number of nitrogens with zero attached hydrogens (tertiary/aromatic N) is 4. The van der Waals surface area contributed by atoms with E-state index in [2.05, 4.69) is 15.3 Å². The molecule has 1 heterocycles. The van der Waals surface area contributed by atoms with Crippen molar-refractivity contribution in [1.29, 1.82) is 5.53 Å². The number of anilines is 1. The van der Waals surface area contributed by atoms with Gasteiger partial charge >= 0.3 is 0 Å². The zero-order valence-corrected chi connectivity index (χ0v) is 16.2. The van der Waals surface area contributed by atoms with Crippen LogP contribution in [0.1, 0.15) is 11.5 Å². The van der Waals surface area contributed by atoms with E-state index in [0.29, 0.717) is 17.2 Å². The molecule has 4 aromatic rings. The van der Waals surface area contributed by atoms with Crippen LogP contribution in [0.5, 0.6) is 0 Å². The van der Waals surface area contributed by atoms with Crippen molar-refractivity contribution in [3.05, 3.63) is 102 Å². The van der Waals surface area contributed by atoms with E-state index < -0.39 is 5.82 Å². The largest absolute Gasteiger partial charge is 0.340 e. The molecule has 0 fully saturated rings. The van der Waals surface area contributed by atoms with Gasteiger partial charge in [-0.05, 0) is 12.1 Å². The monoisotopic (exact) mass is 399 g/mol. The van der Waals surface area contributed by atoms with Crippen LogP contribution in [0.4, 0.5) is 10.1 Å². The Bertz CT molecular complexity index is 1190. The third kappa shape index (κ3) is 3.73. The van der Waals surface area contributed by atoms with Crippen LogP contribution in [0.25, 0.3) is 22.8 Å². The molecule has 0 spiro atoms. The molecule has 0 aliphatic heterocycles. The topological polar surface area (TPSA) is 78.4 Å². The Balaban J connectivity index is 1.89. The molecule has 30 heavy (non-hydrogen) atoms. The van der Waals surface area contributed by atoms with Crippen molar-refractivity contribution in [2.45, 2.75) is 0 Å². The van der Waals surface area contributed by atoms with Gasteiger partial charge < -0.3 is 9.42 Å². The molecule has 4 rings (SSSR count). The lowest BCUT2D eigenvalue weighted by Crippen LogP contribution is -2.18. The van der Waals surface area contributed by atoms with Gasteiger partial charge in [0.2, 0.25) is 5.82 Å². The van der Waals surface area contributed by atoms with E-state index in [1.165, 1.54) is 6.07 Å². The minimum Gasteiger partial charge on any atom is -0.340 e. The van der Waals surface area contributed by atoms with Gasteiger partial charge in [-0.15, -0.1) is 0 Å². The van der Waals surface area contributed by atoms with Crippen LogP contribution in [0.2, 0.25) is 0 Å². The summed E-state index contributed by atoms with van der Waals surface area (Å²) in [7, 11) is 1.71. The van der Waals surface area contributed by atoms with Gasteiger partial charge in [-0.3, -0.25) is 0 Å². The van der Waals surface area contributed by atoms with Crippen LogP contribution >= 0.6 is 0 Å². The summed E-state index contributed by atoms with van der Waals surface area (Å²) in [6, 6.07) is 25.1. The van der Waals surface area contributed by atoms with Gasteiger partial charge in [0.1, 0.15) is 5.82 Å². The maximum absolute atomic E-state index is 14.5. The number of rotatable bonds is 6. The number of hydrogen-bond donors (Lipinski definition) is 1. The van der Waals surface area contributed by atoms with Crippen molar-refractivity contribution in [1.82, 2.24) is 10.1 Å². The predicted molar refractivity (Wildman–Crippen MR) is 113 cm³/mol. The summed E-state index contributed by atoms with van der Waals surface area (Å²) < 4.78 is 20.0. The maximum atomic E-state index is 14.5. The van der Waals surface area contributed by atoms with Gasteiger partial charge in [-0.1, -0.05) is 78.0 Å². The first kappa shape index (κ1) is 19.2. The second-order valence-corrected chi connectivity index (χ2v) is 6.47. The molecule has 0 bridgehead atoms. The van der Waals surface area contributed by atoms with E-state index >= 15 is 0 Å². The number of hydrogen-bond acceptors (Lipinski definition) is 6. The van der Waals surface area contributed by atoms with E-state index in [4.69, 9.17) is 10.1 Å². The lowest BCUT2D eigenvalue weighted by Gasteiger charge is -2.24. The summed E-state index contributed by atoms with van der Waals surface area (Å²) in [6.45, 7) is 0. The molecule has 1 N–H and O–H groups in total. The summed E-state index contributed by atoms with van der Waals surface area (Å²) in [4.78, 5) is 6.06. The van der Waals surface area contributed by atoms with Gasteiger partial charge in [0, 0.05) is 18.2 Å². The molecule has 3 aromatic carbocycles. The number of nitrogens with one attached hydrogen (secondary N) is 1. The Hall–Kier alpha value is -4.13. The Morgan fingerprint density at radius 3 is 2.23 bits per heavy atom. The molecule has 0 amide bonds. The van der Waals surface area contributed by atoms with Crippen LogP contribution in [0.3, 0.4) is 0 Å². The van der Waals surface area contributed by atoms with Gasteiger partial charge in [0.25, 0.3) is 5.89 Å². The van der Waals surface area contributed by atoms with Gasteiger partial charge in [0.05, 0.1) is 11.4 Å². The molecule has 0 aliphatic carbocycles. The third-order valence-electron chi connectivity index (χ3n) is 4.59. The quantitative estimate of drug-likeness (QED) is 0.411. The van der Waals surface area contributed by atoms with E-state index in [1.807, 2.05) is 60.7 Å². The summed E-state index contributed by atoms with van der Waals surface area (Å²) >= 11 is 0. The summed E-state index contributed by atoms with van der Waals surface area (Å²) in [5.74, 6) is 0.0619. The zero-order chi connectivity index (χ0) is 20.9. The molecule has 0 saturated carbocycles. The molecule has 0 saturated heterocycles. The van der Waals surface area contributed by atoms with Crippen LogP contribution in [-0.4, -0.2) is 17.2 Å². The number of benzene rings is 3. The standard InChI is InChI=1S/C23H18FN5O/c1-29(19-15-9-8-14-18(19)24)21(16-10-4-2-5-11-16)20(27-25)23-26-22(28-30-23)17-12-6-3-7-13-17/h2-15,25H,1H3/b21-20-,27-25?. The van der Waals surface area contributed by atoms with Crippen molar-refractivity contribution < 1.29 is 8.91 Å². The summed E-state index contributed by atoms with van der Waals surface area (Å²) in [5.41, 5.74) is 10.3. The van der Waals surface area contributed by atoms with E-state index in [1.54, 1.807) is 30.1 Å². The molecular weight excluding hydrogens is 381 g/mol. The van der Waals surface area contributed by atoms with Crippen LogP contribution in [0.15, 0.2) is 94.6 Å². The van der Waals surface area contributed by atoms with Crippen molar-refractivity contribution in [3.63, 3.8) is 0 Å². The Morgan fingerprint density at radius 2 is 1.57 bits per heavy atom. The van der Waals surface area contributed by atoms with E-state index in [0.717, 1.165) is 11.1 Å². The Morgan fingerprint density at radius 1 is 0.933 bits per heavy atom. The van der Waals surface area contributed by atoms with Crippen LogP contribution in [-0.2, 0) is 0 Å². The average Bonchev–Trinajstić information content (AvgIpc) is 3.28. The second-order valence-electron chi connectivity index (χ2n) is 6.47. The van der Waals surface area contributed by atoms with Crippen molar-refractivity contribution in [2.24, 2.45) is 5.11 Å². The van der Waals surface area contributed by atoms with Gasteiger partial charge in [0.15, 0.2) is 5.70 Å². The molecule has 1 aromatic heterocycles. The number of aromatic nitrogens is 2. The highest BCUT2D eigenvalue weighted by molar-refractivity contribution is 5.94. The first-order valence-corrected chi connectivity index (χ1v) is 9.24. The minimum atomic E-state index is -0.395. The third-order valence-corrected chi connectivity index (χ3v) is 4.59. The molecule has 0 radical (unpaired) electrons. The highest BCUT2D eigenvalue weighted by Crippen LogP contribution is 2.34. The van der Waals surface area contributed by atoms with E-state index in [-0.39, 0.29) is 11.6 Å². The number of halogens is 1. The van der Waals surface area contributed by atoms with Crippen molar-refractivity contribution in [3.8, 4) is 11.4 Å². The molecule has 0 unspecified atom stereocenters. The van der Waals surface area contributed by atoms with E-state index in [9.17, 15) is 4.39 Å². The van der Waals surface area contributed by atoms with Crippen molar-refractivity contribution >= 4 is 17.1 Å². The minimum absolute atomic E-state index is 0.0749. The molecule has 7 heteroatoms. The molecule has 148 valence electrons. The van der Waals surface area contributed by atoms with Crippen molar-refractivity contribution in [2.75, 3.05) is 11.9 Å². The fraction of sp³-hybridized carbons (Fsp3) is 0.0435. The Kier molecular flexibility index (Phi) is 5.43. The molecular formula is C23H18FN5O. The molecule has 6 nitrogen and oxygen atoms in total. The SMILES string of the molecule is CN(/C(=C(\N=N)c1nc(-c2ccccc2)no1)c1ccccc1)c1ccccc1F. The van der Waals surface area contributed by atoms with Gasteiger partial charge in [-0.25, -0.2) is 9.92 Å². The zero-order valence-electron chi connectivity index (χ0n) is 16.2.